The third kappa shape index (κ3) is 4.24. The maximum atomic E-state index is 13.0. The predicted molar refractivity (Wildman–Crippen MR) is 87.0 cm³/mol. The number of carbonyl (C=O) groups is 1. The molecule has 1 fully saturated rings. The minimum atomic E-state index is -4.52. The number of amides is 1. The first-order valence-corrected chi connectivity index (χ1v) is 8.31. The molecule has 0 saturated carbocycles. The minimum absolute atomic E-state index is 0.242. The molecule has 1 amide bonds. The van der Waals surface area contributed by atoms with Gasteiger partial charge in [0.2, 0.25) is 5.91 Å². The maximum absolute atomic E-state index is 13.0. The van der Waals surface area contributed by atoms with Crippen molar-refractivity contribution in [2.45, 2.75) is 26.2 Å². The number of nitrogens with zero attached hydrogens (tertiary/aromatic N) is 6. The zero-order chi connectivity index (χ0) is 18.9. The third-order valence-electron chi connectivity index (χ3n) is 4.37. The zero-order valence-electron chi connectivity index (χ0n) is 14.7. The first-order chi connectivity index (χ1) is 12.2. The van der Waals surface area contributed by atoms with Gasteiger partial charge in [-0.05, 0) is 13.0 Å². The van der Waals surface area contributed by atoms with E-state index < -0.39 is 18.4 Å². The lowest BCUT2D eigenvalue weighted by Gasteiger charge is -2.34. The van der Waals surface area contributed by atoms with Crippen molar-refractivity contribution >= 4 is 5.91 Å². The Hall–Kier alpha value is -2.36. The average Bonchev–Trinajstić information content (AvgIpc) is 3.13. The quantitative estimate of drug-likeness (QED) is 0.814. The van der Waals surface area contributed by atoms with Crippen LogP contribution in [0.25, 0.3) is 0 Å². The van der Waals surface area contributed by atoms with Crippen molar-refractivity contribution < 1.29 is 18.0 Å². The molecule has 0 radical (unpaired) electrons. The van der Waals surface area contributed by atoms with Crippen LogP contribution in [0.4, 0.5) is 13.2 Å². The summed E-state index contributed by atoms with van der Waals surface area (Å²) in [5, 5.41) is 7.94. The average molecular weight is 370 g/mol. The number of piperazine rings is 1. The normalized spacial score (nSPS) is 16.3. The van der Waals surface area contributed by atoms with Crippen molar-refractivity contribution in [3.05, 3.63) is 35.4 Å². The minimum Gasteiger partial charge on any atom is -0.339 e. The molecular weight excluding hydrogens is 349 g/mol. The van der Waals surface area contributed by atoms with Gasteiger partial charge >= 0.3 is 6.18 Å². The summed E-state index contributed by atoms with van der Waals surface area (Å²) in [5.41, 5.74) is 0.444. The van der Waals surface area contributed by atoms with Crippen molar-refractivity contribution in [3.63, 3.8) is 0 Å². The van der Waals surface area contributed by atoms with Gasteiger partial charge in [0.1, 0.15) is 12.2 Å². The Kier molecular flexibility index (Phi) is 5.03. The van der Waals surface area contributed by atoms with Crippen LogP contribution in [-0.4, -0.2) is 61.4 Å². The Morgan fingerprint density at radius 1 is 1.23 bits per heavy atom. The number of aromatic nitrogens is 4. The summed E-state index contributed by atoms with van der Waals surface area (Å²) in [6, 6.07) is 0.957. The molecule has 2 aromatic rings. The van der Waals surface area contributed by atoms with Crippen LogP contribution in [0.1, 0.15) is 17.0 Å². The first-order valence-electron chi connectivity index (χ1n) is 8.31. The maximum Gasteiger partial charge on any atom is 0.433 e. The lowest BCUT2D eigenvalue weighted by molar-refractivity contribution is -0.146. The summed E-state index contributed by atoms with van der Waals surface area (Å²) in [4.78, 5) is 16.2. The van der Waals surface area contributed by atoms with Crippen molar-refractivity contribution in [3.8, 4) is 0 Å². The van der Waals surface area contributed by atoms with E-state index in [0.29, 0.717) is 26.2 Å². The van der Waals surface area contributed by atoms with Gasteiger partial charge in [0, 0.05) is 51.5 Å². The first kappa shape index (κ1) is 18.4. The topological polar surface area (TPSA) is 59.2 Å². The van der Waals surface area contributed by atoms with Crippen molar-refractivity contribution in [2.24, 2.45) is 7.05 Å². The molecular formula is C16H21F3N6O. The Bertz CT molecular complexity index is 773. The molecule has 0 aliphatic carbocycles. The summed E-state index contributed by atoms with van der Waals surface area (Å²) in [6.07, 6.45) is -0.781. The largest absolute Gasteiger partial charge is 0.433 e. The molecule has 0 spiro atoms. The number of carbonyl (C=O) groups excluding carboxylic acids is 1. The summed E-state index contributed by atoms with van der Waals surface area (Å²) >= 11 is 0. The summed E-state index contributed by atoms with van der Waals surface area (Å²) in [6.45, 7) is 4.14. The van der Waals surface area contributed by atoms with Gasteiger partial charge in [-0.2, -0.15) is 23.4 Å². The molecule has 0 atom stereocenters. The van der Waals surface area contributed by atoms with Crippen LogP contribution in [0, 0.1) is 6.92 Å². The fraction of sp³-hybridized carbons (Fsp3) is 0.562. The Balaban J connectivity index is 1.56. The molecule has 0 bridgehead atoms. The highest BCUT2D eigenvalue weighted by Gasteiger charge is 2.36. The van der Waals surface area contributed by atoms with Crippen LogP contribution in [0.2, 0.25) is 0 Å². The molecule has 2 aromatic heterocycles. The fourth-order valence-electron chi connectivity index (χ4n) is 3.09. The van der Waals surface area contributed by atoms with Gasteiger partial charge in [-0.25, -0.2) is 0 Å². The molecule has 26 heavy (non-hydrogen) atoms. The summed E-state index contributed by atoms with van der Waals surface area (Å²) in [5.74, 6) is -0.348. The lowest BCUT2D eigenvalue weighted by Crippen LogP contribution is -2.49. The van der Waals surface area contributed by atoms with Crippen LogP contribution < -0.4 is 0 Å². The second-order valence-corrected chi connectivity index (χ2v) is 6.51. The van der Waals surface area contributed by atoms with Crippen LogP contribution in [0.15, 0.2) is 18.5 Å². The highest BCUT2D eigenvalue weighted by molar-refractivity contribution is 5.76. The van der Waals surface area contributed by atoms with Crippen LogP contribution in [-0.2, 0) is 31.1 Å². The second kappa shape index (κ2) is 7.10. The van der Waals surface area contributed by atoms with E-state index >= 15 is 0 Å². The van der Waals surface area contributed by atoms with Gasteiger partial charge in [0.15, 0.2) is 0 Å². The number of hydrogen-bond acceptors (Lipinski definition) is 4. The molecule has 0 N–H and O–H groups in total. The SMILES string of the molecule is Cc1cc(C(F)(F)F)n(CC(=O)N2CCN(Cc3cnn(C)c3)CC2)n1. The van der Waals surface area contributed by atoms with Gasteiger partial charge in [-0.15, -0.1) is 0 Å². The van der Waals surface area contributed by atoms with Crippen LogP contribution in [0.5, 0.6) is 0 Å². The monoisotopic (exact) mass is 370 g/mol. The Labute approximate surface area is 149 Å². The van der Waals surface area contributed by atoms with E-state index in [1.807, 2.05) is 13.2 Å². The standard InChI is InChI=1S/C16H21F3N6O/c1-12-7-14(16(17,18)19)25(21-12)11-15(26)24-5-3-23(4-6-24)10-13-8-20-22(2)9-13/h7-9H,3-6,10-11H2,1-2H3. The number of hydrogen-bond donors (Lipinski definition) is 0. The number of halogens is 3. The summed E-state index contributed by atoms with van der Waals surface area (Å²) in [7, 11) is 1.85. The Morgan fingerprint density at radius 3 is 2.50 bits per heavy atom. The zero-order valence-corrected chi connectivity index (χ0v) is 14.7. The molecule has 1 aliphatic rings. The molecule has 0 unspecified atom stereocenters. The van der Waals surface area contributed by atoms with Gasteiger partial charge in [-0.3, -0.25) is 19.1 Å². The van der Waals surface area contributed by atoms with E-state index in [-0.39, 0.29) is 11.6 Å². The van der Waals surface area contributed by atoms with Crippen molar-refractivity contribution in [2.75, 3.05) is 26.2 Å². The number of alkyl halides is 3. The molecule has 0 aromatic carbocycles. The lowest BCUT2D eigenvalue weighted by atomic mass is 10.2. The van der Waals surface area contributed by atoms with Crippen LogP contribution in [0.3, 0.4) is 0 Å². The molecule has 10 heteroatoms. The molecule has 7 nitrogen and oxygen atoms in total. The number of aryl methyl sites for hydroxylation is 2. The van der Waals surface area contributed by atoms with Gasteiger partial charge in [-0.1, -0.05) is 0 Å². The predicted octanol–water partition coefficient (Wildman–Crippen LogP) is 1.29. The highest BCUT2D eigenvalue weighted by Crippen LogP contribution is 2.29. The van der Waals surface area contributed by atoms with Crippen LogP contribution >= 0.6 is 0 Å². The summed E-state index contributed by atoms with van der Waals surface area (Å²) < 4.78 is 41.5. The smallest absolute Gasteiger partial charge is 0.339 e. The Morgan fingerprint density at radius 2 is 1.92 bits per heavy atom. The molecule has 142 valence electrons. The van der Waals surface area contributed by atoms with Gasteiger partial charge in [0.25, 0.3) is 0 Å². The van der Waals surface area contributed by atoms with E-state index in [1.54, 1.807) is 15.8 Å². The van der Waals surface area contributed by atoms with E-state index in [1.165, 1.54) is 6.92 Å². The van der Waals surface area contributed by atoms with E-state index in [4.69, 9.17) is 0 Å². The highest BCUT2D eigenvalue weighted by atomic mass is 19.4. The molecule has 1 aliphatic heterocycles. The van der Waals surface area contributed by atoms with Crippen molar-refractivity contribution in [1.82, 2.24) is 29.4 Å². The van der Waals surface area contributed by atoms with E-state index in [9.17, 15) is 18.0 Å². The van der Waals surface area contributed by atoms with E-state index in [0.717, 1.165) is 22.9 Å². The van der Waals surface area contributed by atoms with Crippen molar-refractivity contribution in [1.29, 1.82) is 0 Å². The van der Waals surface area contributed by atoms with Gasteiger partial charge in [0.05, 0.1) is 11.9 Å². The molecule has 1 saturated heterocycles. The number of rotatable bonds is 4. The molecule has 3 rings (SSSR count). The second-order valence-electron chi connectivity index (χ2n) is 6.51. The fourth-order valence-corrected chi connectivity index (χ4v) is 3.09. The molecule has 3 heterocycles. The van der Waals surface area contributed by atoms with Gasteiger partial charge < -0.3 is 4.90 Å². The third-order valence-corrected chi connectivity index (χ3v) is 4.37. The van der Waals surface area contributed by atoms with E-state index in [2.05, 4.69) is 15.1 Å².